The summed E-state index contributed by atoms with van der Waals surface area (Å²) < 4.78 is 26.9. The van der Waals surface area contributed by atoms with E-state index in [1.54, 1.807) is 6.92 Å². The number of hydrogen-bond donors (Lipinski definition) is 7. The second kappa shape index (κ2) is 12.5. The fourth-order valence-corrected chi connectivity index (χ4v) is 3.35. The Morgan fingerprint density at radius 3 is 2.33 bits per heavy atom. The van der Waals surface area contributed by atoms with Crippen molar-refractivity contribution in [3.05, 3.63) is 0 Å². The van der Waals surface area contributed by atoms with Crippen LogP contribution in [0.25, 0.3) is 0 Å². The fraction of sp³-hybridized carbons (Fsp3) is 1.00. The van der Waals surface area contributed by atoms with E-state index in [9.17, 15) is 35.7 Å². The molecule has 6 unspecified atom stereocenters. The molecule has 0 aromatic carbocycles. The van der Waals surface area contributed by atoms with E-state index in [-0.39, 0.29) is 32.7 Å². The second-order valence-electron chi connectivity index (χ2n) is 7.43. The molecule has 0 amide bonds. The van der Waals surface area contributed by atoms with Gasteiger partial charge in [-0.1, -0.05) is 0 Å². The smallest absolute Gasteiger partial charge is 0.186 e. The molecule has 2 fully saturated rings. The molecule has 0 aliphatic carbocycles. The van der Waals surface area contributed by atoms with Crippen molar-refractivity contribution < 1.29 is 59.4 Å². The Morgan fingerprint density at radius 2 is 1.70 bits per heavy atom. The molecule has 0 saturated carbocycles. The Balaban J connectivity index is 1.91. The summed E-state index contributed by atoms with van der Waals surface area (Å²) in [4.78, 5) is 0. The number of hydrogen-bond acceptors (Lipinski definition) is 12. The van der Waals surface area contributed by atoms with Crippen LogP contribution in [0.1, 0.15) is 19.8 Å². The molecule has 7 N–H and O–H groups in total. The molecule has 2 saturated heterocycles. The molecule has 2 aliphatic heterocycles. The first kappa shape index (κ1) is 25.8. The van der Waals surface area contributed by atoms with Gasteiger partial charge in [0.15, 0.2) is 12.6 Å². The highest BCUT2D eigenvalue weighted by Crippen LogP contribution is 2.23. The molecule has 2 rings (SSSR count). The minimum Gasteiger partial charge on any atom is -0.394 e. The number of aliphatic hydroxyl groups excluding tert-OH is 7. The maximum Gasteiger partial charge on any atom is 0.186 e. The minimum absolute atomic E-state index is 0.0522. The van der Waals surface area contributed by atoms with Gasteiger partial charge < -0.3 is 59.4 Å². The van der Waals surface area contributed by atoms with Gasteiger partial charge in [-0.05, 0) is 6.92 Å². The van der Waals surface area contributed by atoms with Crippen LogP contribution in [0.15, 0.2) is 0 Å². The third-order valence-corrected chi connectivity index (χ3v) is 5.06. The van der Waals surface area contributed by atoms with Crippen molar-refractivity contribution >= 4 is 0 Å². The molecule has 0 aromatic heterocycles. The topological polar surface area (TPSA) is 188 Å². The van der Waals surface area contributed by atoms with Crippen molar-refractivity contribution in [2.45, 2.75) is 81.2 Å². The Kier molecular flexibility index (Phi) is 10.8. The average Bonchev–Trinajstić information content (AvgIpc) is 2.72. The minimum atomic E-state index is -1.57. The zero-order valence-corrected chi connectivity index (χ0v) is 16.9. The van der Waals surface area contributed by atoms with E-state index in [4.69, 9.17) is 23.7 Å². The van der Waals surface area contributed by atoms with Gasteiger partial charge in [0.1, 0.15) is 30.5 Å². The first-order valence-corrected chi connectivity index (χ1v) is 10.1. The monoisotopic (exact) mass is 442 g/mol. The fourth-order valence-electron chi connectivity index (χ4n) is 3.35. The van der Waals surface area contributed by atoms with E-state index in [2.05, 4.69) is 0 Å². The molecule has 12 nitrogen and oxygen atoms in total. The lowest BCUT2D eigenvalue weighted by Gasteiger charge is -2.38. The van der Waals surface area contributed by atoms with Crippen LogP contribution < -0.4 is 0 Å². The quantitative estimate of drug-likeness (QED) is 0.156. The number of aliphatic hydroxyl groups is 7. The third kappa shape index (κ3) is 7.02. The van der Waals surface area contributed by atoms with E-state index >= 15 is 0 Å². The summed E-state index contributed by atoms with van der Waals surface area (Å²) in [5, 5.41) is 68.8. The van der Waals surface area contributed by atoms with Gasteiger partial charge in [-0.25, -0.2) is 0 Å². The summed E-state index contributed by atoms with van der Waals surface area (Å²) in [6.45, 7) is 0.575. The summed E-state index contributed by atoms with van der Waals surface area (Å²) in [6, 6.07) is 0. The normalized spacial score (nSPS) is 38.2. The SMILES string of the molecule is CCO[C@H](O[C@H]1CC(O)COC1CO)C(O)C(O)CO[C@H]1OC(CO)[C@@H](O)CC1O. The molecule has 0 spiro atoms. The van der Waals surface area contributed by atoms with Crippen molar-refractivity contribution in [1.29, 1.82) is 0 Å². The van der Waals surface area contributed by atoms with Gasteiger partial charge in [0.2, 0.25) is 0 Å². The van der Waals surface area contributed by atoms with Crippen LogP contribution in [0, 0.1) is 0 Å². The van der Waals surface area contributed by atoms with Gasteiger partial charge in [0, 0.05) is 19.4 Å². The molecule has 30 heavy (non-hydrogen) atoms. The lowest BCUT2D eigenvalue weighted by Crippen LogP contribution is -2.52. The highest BCUT2D eigenvalue weighted by molar-refractivity contribution is 4.83. The summed E-state index contributed by atoms with van der Waals surface area (Å²) >= 11 is 0. The highest BCUT2D eigenvalue weighted by Gasteiger charge is 2.39. The van der Waals surface area contributed by atoms with E-state index < -0.39 is 74.6 Å². The predicted octanol–water partition coefficient (Wildman–Crippen LogP) is -3.56. The first-order chi connectivity index (χ1) is 14.3. The van der Waals surface area contributed by atoms with Crippen LogP contribution in [0.4, 0.5) is 0 Å². The van der Waals surface area contributed by atoms with Crippen LogP contribution in [0.5, 0.6) is 0 Å². The lowest BCUT2D eigenvalue weighted by atomic mass is 10.0. The number of ether oxygens (including phenoxy) is 5. The molecule has 10 atom stereocenters. The molecular formula is C18H34O12. The molecule has 2 aliphatic rings. The third-order valence-electron chi connectivity index (χ3n) is 5.06. The zero-order chi connectivity index (χ0) is 22.3. The van der Waals surface area contributed by atoms with E-state index in [1.807, 2.05) is 0 Å². The van der Waals surface area contributed by atoms with Crippen LogP contribution in [-0.4, -0.2) is 130 Å². The van der Waals surface area contributed by atoms with E-state index in [0.717, 1.165) is 0 Å². The van der Waals surface area contributed by atoms with Crippen LogP contribution >= 0.6 is 0 Å². The van der Waals surface area contributed by atoms with Crippen molar-refractivity contribution in [2.24, 2.45) is 0 Å². The van der Waals surface area contributed by atoms with Crippen LogP contribution in [0.3, 0.4) is 0 Å². The van der Waals surface area contributed by atoms with Crippen molar-refractivity contribution in [1.82, 2.24) is 0 Å². The predicted molar refractivity (Wildman–Crippen MR) is 98.1 cm³/mol. The zero-order valence-electron chi connectivity index (χ0n) is 16.9. The van der Waals surface area contributed by atoms with E-state index in [0.29, 0.717) is 0 Å². The molecule has 0 aromatic rings. The maximum absolute atomic E-state index is 10.5. The van der Waals surface area contributed by atoms with Gasteiger partial charge in [0.25, 0.3) is 0 Å². The molecule has 0 bridgehead atoms. The van der Waals surface area contributed by atoms with Gasteiger partial charge in [0.05, 0.1) is 44.7 Å². The van der Waals surface area contributed by atoms with Gasteiger partial charge in [-0.15, -0.1) is 0 Å². The first-order valence-electron chi connectivity index (χ1n) is 10.1. The summed E-state index contributed by atoms with van der Waals surface area (Å²) in [6.07, 6.45) is -11.0. The Bertz CT molecular complexity index is 482. The standard InChI is InChI=1S/C18H34O12/c1-2-26-18(29-13-3-9(21)7-27-15(13)6-20)16(25)12(24)8-28-17-11(23)4-10(22)14(5-19)30-17/h9-25H,2-8H2,1H3/t9?,10-,11?,12?,13-,14?,15?,16?,17-,18+/m0/s1. The van der Waals surface area contributed by atoms with Crippen LogP contribution in [0.2, 0.25) is 0 Å². The lowest BCUT2D eigenvalue weighted by molar-refractivity contribution is -0.290. The highest BCUT2D eigenvalue weighted by atomic mass is 16.7. The van der Waals surface area contributed by atoms with Gasteiger partial charge in [-0.3, -0.25) is 0 Å². The maximum atomic E-state index is 10.5. The molecule has 178 valence electrons. The molecule has 2 heterocycles. The van der Waals surface area contributed by atoms with Gasteiger partial charge in [-0.2, -0.15) is 0 Å². The van der Waals surface area contributed by atoms with Crippen molar-refractivity contribution in [2.75, 3.05) is 33.0 Å². The molecular weight excluding hydrogens is 408 g/mol. The number of rotatable bonds is 11. The summed E-state index contributed by atoms with van der Waals surface area (Å²) in [5.41, 5.74) is 0. The Morgan fingerprint density at radius 1 is 1.00 bits per heavy atom. The average molecular weight is 442 g/mol. The molecule has 0 radical (unpaired) electrons. The van der Waals surface area contributed by atoms with Gasteiger partial charge >= 0.3 is 0 Å². The second-order valence-corrected chi connectivity index (χ2v) is 7.43. The summed E-state index contributed by atoms with van der Waals surface area (Å²) in [5.74, 6) is 0. The Hall–Kier alpha value is -0.480. The van der Waals surface area contributed by atoms with Crippen LogP contribution in [-0.2, 0) is 23.7 Å². The Labute approximate surface area is 174 Å². The van der Waals surface area contributed by atoms with E-state index in [1.165, 1.54) is 0 Å². The van der Waals surface area contributed by atoms with Crippen molar-refractivity contribution in [3.8, 4) is 0 Å². The summed E-state index contributed by atoms with van der Waals surface area (Å²) in [7, 11) is 0. The van der Waals surface area contributed by atoms with Crippen molar-refractivity contribution in [3.63, 3.8) is 0 Å². The largest absolute Gasteiger partial charge is 0.394 e. The molecule has 12 heteroatoms.